The Labute approximate surface area is 327 Å². The van der Waals surface area contributed by atoms with Crippen LogP contribution in [0.4, 0.5) is 4.79 Å². The highest BCUT2D eigenvalue weighted by molar-refractivity contribution is 5.94. The third-order valence-corrected chi connectivity index (χ3v) is 12.2. The number of hydrogen-bond acceptors (Lipinski definition) is 14. The molecule has 15 nitrogen and oxygen atoms in total. The molecule has 1 unspecified atom stereocenters. The van der Waals surface area contributed by atoms with Gasteiger partial charge in [0.05, 0.1) is 35.6 Å². The van der Waals surface area contributed by atoms with Gasteiger partial charge >= 0.3 is 24.0 Å². The lowest BCUT2D eigenvalue weighted by Gasteiger charge is -2.67. The van der Waals surface area contributed by atoms with E-state index < -0.39 is 112 Å². The molecule has 0 spiro atoms. The van der Waals surface area contributed by atoms with Gasteiger partial charge in [-0.15, -0.1) is 0 Å². The zero-order valence-electron chi connectivity index (χ0n) is 33.8. The summed E-state index contributed by atoms with van der Waals surface area (Å²) < 4.78 is 29.4. The van der Waals surface area contributed by atoms with Crippen LogP contribution in [0.1, 0.15) is 98.9 Å². The topological polar surface area (TPSA) is 224 Å². The third-order valence-electron chi connectivity index (χ3n) is 12.2. The van der Waals surface area contributed by atoms with Gasteiger partial charge in [-0.25, -0.2) is 14.4 Å². The van der Waals surface area contributed by atoms with Crippen molar-refractivity contribution in [2.45, 2.75) is 148 Å². The Balaban J connectivity index is 1.66. The Morgan fingerprint density at radius 2 is 1.66 bits per heavy atom. The van der Waals surface area contributed by atoms with Crippen molar-refractivity contribution in [1.82, 2.24) is 5.32 Å². The smallest absolute Gasteiger partial charge is 0.407 e. The summed E-state index contributed by atoms with van der Waals surface area (Å²) in [6.07, 6.45) is -11.0. The van der Waals surface area contributed by atoms with Crippen LogP contribution in [0.5, 0.6) is 0 Å². The van der Waals surface area contributed by atoms with Gasteiger partial charge in [0.15, 0.2) is 17.5 Å². The number of carbonyl (C=O) groups is 5. The molecule has 15 heteroatoms. The number of esters is 3. The maximum Gasteiger partial charge on any atom is 0.407 e. The number of hydrogen-bond donors (Lipinski definition) is 5. The van der Waals surface area contributed by atoms with E-state index in [1.165, 1.54) is 26.0 Å². The van der Waals surface area contributed by atoms with Gasteiger partial charge in [-0.3, -0.25) is 9.59 Å². The van der Waals surface area contributed by atoms with Crippen LogP contribution in [0.2, 0.25) is 0 Å². The van der Waals surface area contributed by atoms with Gasteiger partial charge in [0, 0.05) is 25.2 Å². The van der Waals surface area contributed by atoms with E-state index in [-0.39, 0.29) is 42.1 Å². The summed E-state index contributed by atoms with van der Waals surface area (Å²) >= 11 is 0. The summed E-state index contributed by atoms with van der Waals surface area (Å²) in [5.74, 6) is -5.36. The average Bonchev–Trinajstić information content (AvgIpc) is 3.08. The van der Waals surface area contributed by atoms with Gasteiger partial charge < -0.3 is 49.4 Å². The second-order valence-corrected chi connectivity index (χ2v) is 17.9. The monoisotopic (exact) mass is 787 g/mol. The summed E-state index contributed by atoms with van der Waals surface area (Å²) in [6.45, 7) is 15.5. The first-order valence-corrected chi connectivity index (χ1v) is 19.1. The molecule has 3 aliphatic carbocycles. The second kappa shape index (κ2) is 15.1. The lowest BCUT2D eigenvalue weighted by Crippen LogP contribution is -2.81. The highest BCUT2D eigenvalue weighted by Gasteiger charge is 2.78. The number of ketones is 1. The second-order valence-electron chi connectivity index (χ2n) is 17.9. The number of aliphatic hydroxyl groups is 4. The molecule has 11 atom stereocenters. The van der Waals surface area contributed by atoms with Crippen molar-refractivity contribution in [3.63, 3.8) is 0 Å². The van der Waals surface area contributed by atoms with Crippen molar-refractivity contribution >= 4 is 29.8 Å². The van der Waals surface area contributed by atoms with Gasteiger partial charge in [-0.05, 0) is 70.2 Å². The molecule has 5 rings (SSSR count). The standard InChI is InChI=1S/C41H57NO14/c1-20(2)16-24(42-36(50)56-37(5,6)7)29(45)35(49)53-25-18-41(51)33(54-34(48)23-14-12-11-13-15-23)31-39(10,32(47)30(46)28(21(25)3)38(41,8)9)26(44)17-27-40(31,19-52-27)55-22(4)43/h11-15,20,24-27,29-31,33,44-46,51H,16-19H2,1-10H3,(H,42,50)/t24-,25-,26-,27?,29+,30+,31-,33-,39+,40-,41+/m0/s1. The Kier molecular flexibility index (Phi) is 11.7. The normalized spacial score (nSPS) is 34.7. The van der Waals surface area contributed by atoms with E-state index in [9.17, 15) is 44.4 Å². The molecule has 5 N–H and O–H groups in total. The van der Waals surface area contributed by atoms with Crippen molar-refractivity contribution in [3.8, 4) is 0 Å². The fraction of sp³-hybridized carbons (Fsp3) is 0.683. The first-order chi connectivity index (χ1) is 25.8. The predicted molar refractivity (Wildman–Crippen MR) is 198 cm³/mol. The summed E-state index contributed by atoms with van der Waals surface area (Å²) in [5.41, 5.74) is -8.30. The molecule has 310 valence electrons. The molecule has 3 fully saturated rings. The van der Waals surface area contributed by atoms with Crippen LogP contribution in [-0.4, -0.2) is 116 Å². The minimum Gasteiger partial charge on any atom is -0.456 e. The molecule has 2 saturated carbocycles. The summed E-state index contributed by atoms with van der Waals surface area (Å²) in [6, 6.07) is 6.72. The van der Waals surface area contributed by atoms with E-state index >= 15 is 0 Å². The summed E-state index contributed by atoms with van der Waals surface area (Å²) in [7, 11) is 0. The van der Waals surface area contributed by atoms with Gasteiger partial charge in [0.1, 0.15) is 35.6 Å². The Morgan fingerprint density at radius 1 is 1.04 bits per heavy atom. The van der Waals surface area contributed by atoms with E-state index in [4.69, 9.17) is 23.7 Å². The van der Waals surface area contributed by atoms with Crippen molar-refractivity contribution in [1.29, 1.82) is 0 Å². The van der Waals surface area contributed by atoms with Crippen LogP contribution in [0.25, 0.3) is 0 Å². The SMILES string of the molecule is CC(=O)O[C@@]12COC1C[C@H](O)[C@@]1(C)C(=O)[C@H](O)C3=C(C)[C@@H](OC(=O)[C@H](O)[C@H](CC(C)C)NC(=O)OC(C)(C)C)C[C@@](O)([C@@H](OC(=O)c4ccccc4)[C@@H]12)C3(C)C. The summed E-state index contributed by atoms with van der Waals surface area (Å²) in [5, 5.41) is 51.2. The number of aliphatic hydroxyl groups excluding tert-OH is 3. The number of benzene rings is 1. The van der Waals surface area contributed by atoms with E-state index in [2.05, 4.69) is 5.32 Å². The van der Waals surface area contributed by atoms with Gasteiger partial charge in [0.2, 0.25) is 0 Å². The largest absolute Gasteiger partial charge is 0.456 e. The van der Waals surface area contributed by atoms with Gasteiger partial charge in [0.25, 0.3) is 0 Å². The van der Waals surface area contributed by atoms with Gasteiger partial charge in [-0.2, -0.15) is 0 Å². The first kappa shape index (κ1) is 43.2. The molecule has 56 heavy (non-hydrogen) atoms. The molecule has 1 saturated heterocycles. The lowest BCUT2D eigenvalue weighted by molar-refractivity contribution is -0.346. The quantitative estimate of drug-likeness (QED) is 0.138. The number of fused-ring (bicyclic) bond motifs is 5. The number of carbonyl (C=O) groups excluding carboxylic acids is 5. The van der Waals surface area contributed by atoms with Crippen molar-refractivity contribution in [2.24, 2.45) is 22.7 Å². The highest BCUT2D eigenvalue weighted by atomic mass is 16.6. The van der Waals surface area contributed by atoms with Crippen LogP contribution < -0.4 is 5.32 Å². The molecule has 0 aromatic heterocycles. The third kappa shape index (κ3) is 7.36. The lowest BCUT2D eigenvalue weighted by atomic mass is 9.44. The minimum atomic E-state index is -2.33. The molecular weight excluding hydrogens is 730 g/mol. The molecular formula is C41H57NO14. The first-order valence-electron chi connectivity index (χ1n) is 19.1. The van der Waals surface area contributed by atoms with E-state index in [1.807, 2.05) is 13.8 Å². The van der Waals surface area contributed by atoms with Crippen LogP contribution in [0.3, 0.4) is 0 Å². The maximum atomic E-state index is 14.9. The van der Waals surface area contributed by atoms with Crippen molar-refractivity contribution < 1.29 is 68.1 Å². The summed E-state index contributed by atoms with van der Waals surface area (Å²) in [4.78, 5) is 68.4. The molecule has 2 bridgehead atoms. The Hall–Kier alpha value is -3.89. The van der Waals surface area contributed by atoms with Crippen molar-refractivity contribution in [2.75, 3.05) is 6.61 Å². The van der Waals surface area contributed by atoms with E-state index in [0.29, 0.717) is 0 Å². The molecule has 1 aromatic rings. The number of nitrogens with one attached hydrogen (secondary N) is 1. The Bertz CT molecular complexity index is 1750. The van der Waals surface area contributed by atoms with E-state index in [1.54, 1.807) is 52.8 Å². The number of Topliss-reactive ketones (excluding diaryl/α,β-unsaturated/α-hetero) is 1. The van der Waals surface area contributed by atoms with Crippen LogP contribution in [-0.2, 0) is 38.1 Å². The van der Waals surface area contributed by atoms with Crippen LogP contribution >= 0.6 is 0 Å². The van der Waals surface area contributed by atoms with Gasteiger partial charge in [-0.1, -0.05) is 45.9 Å². The fourth-order valence-electron chi connectivity index (χ4n) is 9.38. The van der Waals surface area contributed by atoms with E-state index in [0.717, 1.165) is 6.92 Å². The number of alkyl carbamates (subject to hydrolysis) is 1. The molecule has 0 radical (unpaired) electrons. The number of amides is 1. The minimum absolute atomic E-state index is 0.0460. The highest BCUT2D eigenvalue weighted by Crippen LogP contribution is 2.64. The van der Waals surface area contributed by atoms with Crippen LogP contribution in [0.15, 0.2) is 41.5 Å². The van der Waals surface area contributed by atoms with Crippen molar-refractivity contribution in [3.05, 3.63) is 47.0 Å². The fourth-order valence-corrected chi connectivity index (χ4v) is 9.38. The zero-order chi connectivity index (χ0) is 41.9. The maximum absolute atomic E-state index is 14.9. The molecule has 1 aliphatic heterocycles. The number of ether oxygens (including phenoxy) is 5. The molecule has 4 aliphatic rings. The molecule has 1 heterocycles. The molecule has 1 amide bonds. The average molecular weight is 788 g/mol. The molecule has 1 aromatic carbocycles. The predicted octanol–water partition coefficient (Wildman–Crippen LogP) is 2.93. The number of rotatable bonds is 9. The Morgan fingerprint density at radius 3 is 2.20 bits per heavy atom. The van der Waals surface area contributed by atoms with Crippen LogP contribution in [0, 0.1) is 22.7 Å². The zero-order valence-corrected chi connectivity index (χ0v) is 33.8.